The number of aromatic nitrogens is 4. The lowest BCUT2D eigenvalue weighted by Gasteiger charge is -2.21. The van der Waals surface area contributed by atoms with Gasteiger partial charge in [0.2, 0.25) is 0 Å². The standard InChI is InChI=1S/C22H20F6N4/c1-2-17-30-16-10-29-19(31-20(16)32(17)18(11-3-4-11)12-5-6-12)14-8-7-13(21(23,24)25)9-15(14)22(26,27)28/h7-12,18H,2-6H2,1H3. The first kappa shape index (κ1) is 21.2. The number of hydrogen-bond acceptors (Lipinski definition) is 3. The van der Waals surface area contributed by atoms with Crippen LogP contribution >= 0.6 is 0 Å². The molecule has 0 saturated heterocycles. The van der Waals surface area contributed by atoms with E-state index < -0.39 is 29.0 Å². The Morgan fingerprint density at radius 1 is 0.969 bits per heavy atom. The van der Waals surface area contributed by atoms with Crippen LogP contribution in [0.3, 0.4) is 0 Å². The molecule has 2 saturated carbocycles. The second-order valence-electron chi connectivity index (χ2n) is 8.58. The third kappa shape index (κ3) is 3.73. The van der Waals surface area contributed by atoms with Gasteiger partial charge in [-0.25, -0.2) is 15.0 Å². The molecule has 0 amide bonds. The fourth-order valence-electron chi connectivity index (χ4n) is 4.46. The molecule has 0 N–H and O–H groups in total. The summed E-state index contributed by atoms with van der Waals surface area (Å²) in [7, 11) is 0. The molecule has 0 bridgehead atoms. The van der Waals surface area contributed by atoms with Crippen LogP contribution in [0.2, 0.25) is 0 Å². The van der Waals surface area contributed by atoms with Crippen molar-refractivity contribution >= 4 is 11.2 Å². The van der Waals surface area contributed by atoms with Gasteiger partial charge in [0, 0.05) is 18.0 Å². The van der Waals surface area contributed by atoms with Gasteiger partial charge in [-0.1, -0.05) is 6.92 Å². The van der Waals surface area contributed by atoms with Crippen molar-refractivity contribution in [2.24, 2.45) is 11.8 Å². The molecule has 2 aromatic heterocycles. The van der Waals surface area contributed by atoms with Crippen LogP contribution in [-0.4, -0.2) is 19.5 Å². The molecule has 32 heavy (non-hydrogen) atoms. The second-order valence-corrected chi connectivity index (χ2v) is 8.58. The van der Waals surface area contributed by atoms with E-state index in [2.05, 4.69) is 15.0 Å². The smallest absolute Gasteiger partial charge is 0.309 e. The van der Waals surface area contributed by atoms with Crippen LogP contribution in [0.5, 0.6) is 0 Å². The number of nitrogens with zero attached hydrogens (tertiary/aromatic N) is 4. The Hall–Kier alpha value is -2.65. The average molecular weight is 454 g/mol. The number of rotatable bonds is 5. The highest BCUT2D eigenvalue weighted by atomic mass is 19.4. The van der Waals surface area contributed by atoms with Gasteiger partial charge in [-0.05, 0) is 55.7 Å². The van der Waals surface area contributed by atoms with Crippen LogP contribution in [0.25, 0.3) is 22.6 Å². The maximum absolute atomic E-state index is 13.7. The number of fused-ring (bicyclic) bond motifs is 1. The molecule has 1 aromatic carbocycles. The lowest BCUT2D eigenvalue weighted by molar-refractivity contribution is -0.142. The van der Waals surface area contributed by atoms with Gasteiger partial charge in [0.25, 0.3) is 0 Å². The zero-order valence-electron chi connectivity index (χ0n) is 17.1. The first-order valence-electron chi connectivity index (χ1n) is 10.6. The van der Waals surface area contributed by atoms with Crippen molar-refractivity contribution in [2.75, 3.05) is 0 Å². The fourth-order valence-corrected chi connectivity index (χ4v) is 4.46. The molecular formula is C22H20F6N4. The molecule has 0 spiro atoms. The molecule has 0 radical (unpaired) electrons. The van der Waals surface area contributed by atoms with E-state index in [1.807, 2.05) is 11.5 Å². The summed E-state index contributed by atoms with van der Waals surface area (Å²) >= 11 is 0. The predicted molar refractivity (Wildman–Crippen MR) is 105 cm³/mol. The van der Waals surface area contributed by atoms with E-state index in [9.17, 15) is 26.3 Å². The zero-order chi connectivity index (χ0) is 22.8. The predicted octanol–water partition coefficient (Wildman–Crippen LogP) is 6.45. The van der Waals surface area contributed by atoms with Gasteiger partial charge in [-0.3, -0.25) is 0 Å². The minimum Gasteiger partial charge on any atom is -0.309 e. The molecule has 4 nitrogen and oxygen atoms in total. The third-order valence-electron chi connectivity index (χ3n) is 6.22. The summed E-state index contributed by atoms with van der Waals surface area (Å²) in [6.45, 7) is 1.96. The Kier molecular flexibility index (Phi) is 4.76. The topological polar surface area (TPSA) is 43.6 Å². The van der Waals surface area contributed by atoms with E-state index in [1.54, 1.807) is 0 Å². The molecule has 3 aromatic rings. The molecule has 2 aliphatic carbocycles. The van der Waals surface area contributed by atoms with Gasteiger partial charge >= 0.3 is 12.4 Å². The van der Waals surface area contributed by atoms with E-state index >= 15 is 0 Å². The number of aryl methyl sites for hydroxylation is 1. The van der Waals surface area contributed by atoms with Crippen molar-refractivity contribution in [1.29, 1.82) is 0 Å². The normalized spacial score (nSPS) is 17.5. The number of imidazole rings is 1. The summed E-state index contributed by atoms with van der Waals surface area (Å²) in [5, 5.41) is 0. The van der Waals surface area contributed by atoms with Crippen molar-refractivity contribution in [1.82, 2.24) is 19.5 Å². The van der Waals surface area contributed by atoms with E-state index in [1.165, 1.54) is 6.20 Å². The molecule has 0 atom stereocenters. The summed E-state index contributed by atoms with van der Waals surface area (Å²) in [4.78, 5) is 13.1. The number of halogens is 6. The number of benzene rings is 1. The van der Waals surface area contributed by atoms with Crippen LogP contribution in [-0.2, 0) is 18.8 Å². The Morgan fingerprint density at radius 3 is 2.16 bits per heavy atom. The van der Waals surface area contributed by atoms with Crippen molar-refractivity contribution in [3.05, 3.63) is 41.3 Å². The lowest BCUT2D eigenvalue weighted by Crippen LogP contribution is -2.17. The molecule has 10 heteroatoms. The highest BCUT2D eigenvalue weighted by Gasteiger charge is 2.44. The Bertz CT molecular complexity index is 1160. The van der Waals surface area contributed by atoms with Crippen molar-refractivity contribution < 1.29 is 26.3 Å². The molecule has 0 aliphatic heterocycles. The summed E-state index contributed by atoms with van der Waals surface area (Å²) in [5.74, 6) is 1.55. The summed E-state index contributed by atoms with van der Waals surface area (Å²) in [6, 6.07) is 1.75. The van der Waals surface area contributed by atoms with Gasteiger partial charge in [0.1, 0.15) is 11.3 Å². The fraction of sp³-hybridized carbons (Fsp3) is 0.500. The molecule has 5 rings (SSSR count). The minimum absolute atomic E-state index is 0.120. The van der Waals surface area contributed by atoms with Gasteiger partial charge in [-0.15, -0.1) is 0 Å². The van der Waals surface area contributed by atoms with Crippen molar-refractivity contribution in [2.45, 2.75) is 57.4 Å². The maximum Gasteiger partial charge on any atom is 0.417 e. The van der Waals surface area contributed by atoms with Crippen LogP contribution in [0.15, 0.2) is 24.4 Å². The van der Waals surface area contributed by atoms with E-state index in [-0.39, 0.29) is 17.9 Å². The van der Waals surface area contributed by atoms with Gasteiger partial charge in [0.15, 0.2) is 11.5 Å². The molecule has 2 aliphatic rings. The lowest BCUT2D eigenvalue weighted by atomic mass is 10.0. The number of hydrogen-bond donors (Lipinski definition) is 0. The first-order valence-corrected chi connectivity index (χ1v) is 10.6. The van der Waals surface area contributed by atoms with E-state index in [0.29, 0.717) is 35.5 Å². The van der Waals surface area contributed by atoms with Gasteiger partial charge in [-0.2, -0.15) is 26.3 Å². The minimum atomic E-state index is -4.99. The largest absolute Gasteiger partial charge is 0.417 e. The van der Waals surface area contributed by atoms with Crippen LogP contribution in [0.4, 0.5) is 26.3 Å². The highest BCUT2D eigenvalue weighted by molar-refractivity contribution is 5.75. The van der Waals surface area contributed by atoms with E-state index in [4.69, 9.17) is 0 Å². The SMILES string of the molecule is CCc1nc2cnc(-c3ccc(C(F)(F)F)cc3C(F)(F)F)nc2n1C(C1CC1)C1CC1. The summed E-state index contributed by atoms with van der Waals surface area (Å²) < 4.78 is 82.2. The van der Waals surface area contributed by atoms with Crippen molar-refractivity contribution in [3.8, 4) is 11.4 Å². The van der Waals surface area contributed by atoms with Crippen LogP contribution in [0.1, 0.15) is 55.6 Å². The molecular weight excluding hydrogens is 434 g/mol. The summed E-state index contributed by atoms with van der Waals surface area (Å²) in [6.07, 6.45) is -3.50. The molecule has 2 heterocycles. The maximum atomic E-state index is 13.7. The van der Waals surface area contributed by atoms with E-state index in [0.717, 1.165) is 37.6 Å². The highest BCUT2D eigenvalue weighted by Crippen LogP contribution is 2.53. The number of alkyl halides is 6. The molecule has 0 unspecified atom stereocenters. The molecule has 170 valence electrons. The average Bonchev–Trinajstić information content (AvgIpc) is 3.64. The third-order valence-corrected chi connectivity index (χ3v) is 6.22. The van der Waals surface area contributed by atoms with Gasteiger partial charge in [0.05, 0.1) is 17.3 Å². The van der Waals surface area contributed by atoms with Crippen LogP contribution in [0, 0.1) is 11.8 Å². The Morgan fingerprint density at radius 2 is 1.62 bits per heavy atom. The second kappa shape index (κ2) is 7.18. The first-order chi connectivity index (χ1) is 15.1. The van der Waals surface area contributed by atoms with Crippen molar-refractivity contribution in [3.63, 3.8) is 0 Å². The summed E-state index contributed by atoms with van der Waals surface area (Å²) in [5.41, 5.74) is -2.32. The molecule has 2 fully saturated rings. The quantitative estimate of drug-likeness (QED) is 0.416. The Balaban J connectivity index is 1.68. The zero-order valence-corrected chi connectivity index (χ0v) is 17.1. The van der Waals surface area contributed by atoms with Gasteiger partial charge < -0.3 is 4.57 Å². The monoisotopic (exact) mass is 454 g/mol. The Labute approximate surface area is 179 Å². The van der Waals surface area contributed by atoms with Crippen LogP contribution < -0.4 is 0 Å².